The number of thioether (sulfide) groups is 1. The van der Waals surface area contributed by atoms with Gasteiger partial charge in [-0.3, -0.25) is 4.79 Å². The first-order chi connectivity index (χ1) is 9.29. The van der Waals surface area contributed by atoms with Crippen molar-refractivity contribution >= 4 is 17.7 Å². The summed E-state index contributed by atoms with van der Waals surface area (Å²) < 4.78 is 0. The fourth-order valence-electron chi connectivity index (χ4n) is 3.28. The molecule has 4 heteroatoms. The van der Waals surface area contributed by atoms with Crippen molar-refractivity contribution < 1.29 is 4.79 Å². The van der Waals surface area contributed by atoms with Crippen LogP contribution in [0.5, 0.6) is 0 Å². The normalized spacial score (nSPS) is 24.9. The second-order valence-corrected chi connectivity index (χ2v) is 6.87. The van der Waals surface area contributed by atoms with Crippen LogP contribution in [0.25, 0.3) is 0 Å². The molecule has 2 fully saturated rings. The molecule has 2 saturated heterocycles. The van der Waals surface area contributed by atoms with E-state index in [2.05, 4.69) is 16.1 Å². The summed E-state index contributed by atoms with van der Waals surface area (Å²) in [7, 11) is 0. The molecule has 0 bridgehead atoms. The molecule has 19 heavy (non-hydrogen) atoms. The average Bonchev–Trinajstić information content (AvgIpc) is 2.92. The van der Waals surface area contributed by atoms with Gasteiger partial charge in [-0.15, -0.1) is 0 Å². The van der Waals surface area contributed by atoms with Crippen molar-refractivity contribution in [3.63, 3.8) is 0 Å². The van der Waals surface area contributed by atoms with Crippen LogP contribution in [0.4, 0.5) is 0 Å². The van der Waals surface area contributed by atoms with Crippen molar-refractivity contribution in [2.24, 2.45) is 5.92 Å². The molecule has 2 heterocycles. The lowest BCUT2D eigenvalue weighted by Gasteiger charge is -2.32. The number of piperidine rings is 1. The molecule has 0 aromatic rings. The quantitative estimate of drug-likeness (QED) is 0.748. The zero-order chi connectivity index (χ0) is 13.5. The molecule has 0 aliphatic carbocycles. The number of hydrogen-bond donors (Lipinski definition) is 0. The van der Waals surface area contributed by atoms with Gasteiger partial charge in [0, 0.05) is 19.5 Å². The average molecular weight is 284 g/mol. The van der Waals surface area contributed by atoms with Gasteiger partial charge in [-0.25, -0.2) is 0 Å². The molecule has 0 saturated carbocycles. The Labute approximate surface area is 122 Å². The Balaban J connectivity index is 1.64. The Bertz CT molecular complexity index is 277. The number of carbonyl (C=O) groups excluding carboxylic acids is 1. The van der Waals surface area contributed by atoms with Crippen LogP contribution in [-0.4, -0.2) is 60.4 Å². The molecule has 0 aromatic heterocycles. The van der Waals surface area contributed by atoms with Gasteiger partial charge in [-0.2, -0.15) is 11.8 Å². The molecule has 110 valence electrons. The second-order valence-electron chi connectivity index (χ2n) is 5.96. The highest BCUT2D eigenvalue weighted by Gasteiger charge is 2.23. The van der Waals surface area contributed by atoms with Gasteiger partial charge in [0.1, 0.15) is 0 Å². The Kier molecular flexibility index (Phi) is 6.51. The predicted octanol–water partition coefficient (Wildman–Crippen LogP) is 2.46. The van der Waals surface area contributed by atoms with Crippen LogP contribution in [0.3, 0.4) is 0 Å². The summed E-state index contributed by atoms with van der Waals surface area (Å²) in [6.45, 7) is 5.60. The van der Waals surface area contributed by atoms with E-state index in [9.17, 15) is 4.79 Å². The van der Waals surface area contributed by atoms with E-state index in [0.717, 1.165) is 38.4 Å². The standard InChI is InChI=1S/C15H28N2OS/c1-19-13-14-6-4-11-17(12-14)15(18)7-5-10-16-8-2-3-9-16/h14H,2-13H2,1H3. The largest absolute Gasteiger partial charge is 0.342 e. The van der Waals surface area contributed by atoms with E-state index in [1.807, 2.05) is 11.8 Å². The van der Waals surface area contributed by atoms with Gasteiger partial charge < -0.3 is 9.80 Å². The number of likely N-dealkylation sites (tertiary alicyclic amines) is 2. The van der Waals surface area contributed by atoms with Crippen molar-refractivity contribution in [3.05, 3.63) is 0 Å². The summed E-state index contributed by atoms with van der Waals surface area (Å²) in [6.07, 6.45) is 9.15. The van der Waals surface area contributed by atoms with Gasteiger partial charge in [-0.05, 0) is 69.7 Å². The fraction of sp³-hybridized carbons (Fsp3) is 0.933. The van der Waals surface area contributed by atoms with E-state index < -0.39 is 0 Å². The zero-order valence-electron chi connectivity index (χ0n) is 12.3. The third-order valence-corrected chi connectivity index (χ3v) is 5.14. The van der Waals surface area contributed by atoms with Crippen molar-refractivity contribution in [2.45, 2.75) is 38.5 Å². The summed E-state index contributed by atoms with van der Waals surface area (Å²) in [5.41, 5.74) is 0. The highest BCUT2D eigenvalue weighted by molar-refractivity contribution is 7.98. The molecule has 0 spiro atoms. The lowest BCUT2D eigenvalue weighted by Crippen LogP contribution is -2.40. The van der Waals surface area contributed by atoms with E-state index in [1.54, 1.807) is 0 Å². The van der Waals surface area contributed by atoms with Gasteiger partial charge in [0.05, 0.1) is 0 Å². The summed E-state index contributed by atoms with van der Waals surface area (Å²) >= 11 is 1.91. The first-order valence-electron chi connectivity index (χ1n) is 7.78. The molecule has 1 atom stereocenters. The van der Waals surface area contributed by atoms with Crippen LogP contribution in [0, 0.1) is 5.92 Å². The van der Waals surface area contributed by atoms with Crippen LogP contribution in [0.2, 0.25) is 0 Å². The summed E-state index contributed by atoms with van der Waals surface area (Å²) in [6, 6.07) is 0. The molecular formula is C15H28N2OS. The van der Waals surface area contributed by atoms with Crippen LogP contribution < -0.4 is 0 Å². The SMILES string of the molecule is CSCC1CCCN(C(=O)CCCN2CCCC2)C1. The Morgan fingerprint density at radius 3 is 2.74 bits per heavy atom. The maximum atomic E-state index is 12.2. The van der Waals surface area contributed by atoms with Gasteiger partial charge >= 0.3 is 0 Å². The number of nitrogens with zero attached hydrogens (tertiary/aromatic N) is 2. The monoisotopic (exact) mass is 284 g/mol. The molecule has 2 aliphatic rings. The van der Waals surface area contributed by atoms with Gasteiger partial charge in [0.25, 0.3) is 0 Å². The fourth-order valence-corrected chi connectivity index (χ4v) is 4.03. The summed E-state index contributed by atoms with van der Waals surface area (Å²) in [4.78, 5) is 16.8. The van der Waals surface area contributed by atoms with E-state index in [0.29, 0.717) is 5.91 Å². The smallest absolute Gasteiger partial charge is 0.222 e. The number of rotatable bonds is 6. The summed E-state index contributed by atoms with van der Waals surface area (Å²) in [5, 5.41) is 0. The number of hydrogen-bond acceptors (Lipinski definition) is 3. The lowest BCUT2D eigenvalue weighted by molar-refractivity contribution is -0.133. The van der Waals surface area contributed by atoms with Gasteiger partial charge in [-0.1, -0.05) is 0 Å². The van der Waals surface area contributed by atoms with Crippen molar-refractivity contribution in [3.8, 4) is 0 Å². The molecule has 2 aliphatic heterocycles. The van der Waals surface area contributed by atoms with Crippen molar-refractivity contribution in [2.75, 3.05) is 44.7 Å². The molecule has 1 amide bonds. The molecule has 3 nitrogen and oxygen atoms in total. The molecular weight excluding hydrogens is 256 g/mol. The van der Waals surface area contributed by atoms with E-state index >= 15 is 0 Å². The Hall–Kier alpha value is -0.220. The van der Waals surface area contributed by atoms with Crippen LogP contribution >= 0.6 is 11.8 Å². The minimum Gasteiger partial charge on any atom is -0.342 e. The molecule has 0 radical (unpaired) electrons. The third kappa shape index (κ3) is 4.99. The van der Waals surface area contributed by atoms with Crippen LogP contribution in [-0.2, 0) is 4.79 Å². The Morgan fingerprint density at radius 1 is 1.21 bits per heavy atom. The van der Waals surface area contributed by atoms with Crippen molar-refractivity contribution in [1.29, 1.82) is 0 Å². The molecule has 0 aromatic carbocycles. The summed E-state index contributed by atoms with van der Waals surface area (Å²) in [5.74, 6) is 2.33. The van der Waals surface area contributed by atoms with E-state index in [4.69, 9.17) is 0 Å². The van der Waals surface area contributed by atoms with Gasteiger partial charge in [0.2, 0.25) is 5.91 Å². The maximum absolute atomic E-state index is 12.2. The lowest BCUT2D eigenvalue weighted by atomic mass is 9.99. The minimum atomic E-state index is 0.394. The maximum Gasteiger partial charge on any atom is 0.222 e. The first kappa shape index (κ1) is 15.2. The zero-order valence-corrected chi connectivity index (χ0v) is 13.1. The van der Waals surface area contributed by atoms with Crippen molar-refractivity contribution in [1.82, 2.24) is 9.80 Å². The Morgan fingerprint density at radius 2 is 2.00 bits per heavy atom. The minimum absolute atomic E-state index is 0.394. The van der Waals surface area contributed by atoms with Gasteiger partial charge in [0.15, 0.2) is 0 Å². The highest BCUT2D eigenvalue weighted by atomic mass is 32.2. The second kappa shape index (κ2) is 8.15. The first-order valence-corrected chi connectivity index (χ1v) is 9.18. The molecule has 0 N–H and O–H groups in total. The molecule has 2 rings (SSSR count). The van der Waals surface area contributed by atoms with Crippen LogP contribution in [0.15, 0.2) is 0 Å². The third-order valence-electron chi connectivity index (χ3n) is 4.34. The van der Waals surface area contributed by atoms with E-state index in [1.165, 1.54) is 44.5 Å². The molecule has 1 unspecified atom stereocenters. The number of amides is 1. The van der Waals surface area contributed by atoms with E-state index in [-0.39, 0.29) is 0 Å². The van der Waals surface area contributed by atoms with Crippen LogP contribution in [0.1, 0.15) is 38.5 Å². The highest BCUT2D eigenvalue weighted by Crippen LogP contribution is 2.20. The predicted molar refractivity (Wildman–Crippen MR) is 82.6 cm³/mol. The topological polar surface area (TPSA) is 23.6 Å². The number of carbonyl (C=O) groups is 1.